The van der Waals surface area contributed by atoms with Gasteiger partial charge in [-0.15, -0.1) is 0 Å². The summed E-state index contributed by atoms with van der Waals surface area (Å²) in [5.41, 5.74) is 6.66. The molecule has 2 aromatic carbocycles. The Morgan fingerprint density at radius 3 is 2.77 bits per heavy atom. The third-order valence-corrected chi connectivity index (χ3v) is 5.23. The fraction of sp³-hybridized carbons (Fsp3) is 0.176. The zero-order valence-corrected chi connectivity index (χ0v) is 13.3. The van der Waals surface area contributed by atoms with Crippen molar-refractivity contribution in [3.05, 3.63) is 65.2 Å². The van der Waals surface area contributed by atoms with Gasteiger partial charge in [0.05, 0.1) is 10.9 Å². The van der Waals surface area contributed by atoms with Crippen LogP contribution in [0.1, 0.15) is 27.4 Å². The third-order valence-electron chi connectivity index (χ3n) is 4.16. The largest absolute Gasteiger partial charge is 0.353 e. The number of anilines is 1. The molecule has 0 bridgehead atoms. The van der Waals surface area contributed by atoms with Crippen molar-refractivity contribution >= 4 is 33.7 Å². The van der Waals surface area contributed by atoms with E-state index in [1.807, 2.05) is 36.5 Å². The number of nitrogens with zero attached hydrogens (tertiary/aromatic N) is 2. The van der Waals surface area contributed by atoms with Crippen LogP contribution in [0.25, 0.3) is 0 Å². The molecule has 0 spiro atoms. The van der Waals surface area contributed by atoms with Crippen molar-refractivity contribution in [1.82, 2.24) is 5.43 Å². The zero-order valence-electron chi connectivity index (χ0n) is 11.7. The van der Waals surface area contributed by atoms with Crippen LogP contribution in [-0.2, 0) is 6.54 Å². The lowest BCUT2D eigenvalue weighted by Crippen LogP contribution is -2.29. The lowest BCUT2D eigenvalue weighted by Gasteiger charge is -2.25. The van der Waals surface area contributed by atoms with Crippen LogP contribution in [0.15, 0.2) is 53.6 Å². The fourth-order valence-electron chi connectivity index (χ4n) is 3.15. The molecule has 2 unspecified atom stereocenters. The van der Waals surface area contributed by atoms with Gasteiger partial charge >= 0.3 is 0 Å². The number of rotatable bonds is 2. The summed E-state index contributed by atoms with van der Waals surface area (Å²) < 4.78 is 0. The van der Waals surface area contributed by atoms with Crippen LogP contribution in [0.4, 0.5) is 5.69 Å². The highest BCUT2D eigenvalue weighted by Crippen LogP contribution is 2.45. The maximum atomic E-state index is 12.1. The molecule has 4 rings (SSSR count). The number of nitrogens with one attached hydrogen (secondary N) is 1. The molecule has 2 aromatic rings. The van der Waals surface area contributed by atoms with E-state index in [0.717, 1.165) is 17.8 Å². The zero-order chi connectivity index (χ0) is 15.1. The van der Waals surface area contributed by atoms with Crippen LogP contribution in [0.5, 0.6) is 0 Å². The van der Waals surface area contributed by atoms with Crippen molar-refractivity contribution in [1.29, 1.82) is 0 Å². The molecule has 2 aliphatic heterocycles. The summed E-state index contributed by atoms with van der Waals surface area (Å²) in [6, 6.07) is 16.2. The van der Waals surface area contributed by atoms with Crippen LogP contribution in [-0.4, -0.2) is 17.1 Å². The highest BCUT2D eigenvalue weighted by Gasteiger charge is 2.39. The summed E-state index contributed by atoms with van der Waals surface area (Å²) in [5.74, 6) is -0.0780. The van der Waals surface area contributed by atoms with Crippen LogP contribution in [0, 0.1) is 0 Å². The molecule has 110 valence electrons. The monoisotopic (exact) mass is 355 g/mol. The lowest BCUT2D eigenvalue weighted by atomic mass is 9.97. The van der Waals surface area contributed by atoms with E-state index in [-0.39, 0.29) is 16.8 Å². The molecule has 5 heteroatoms. The number of alkyl halides is 1. The minimum atomic E-state index is -0.142. The first-order valence-electron chi connectivity index (χ1n) is 7.17. The average molecular weight is 356 g/mol. The molecule has 0 aromatic heterocycles. The Morgan fingerprint density at radius 2 is 1.95 bits per heavy atom. The molecule has 2 aliphatic rings. The van der Waals surface area contributed by atoms with E-state index in [0.29, 0.717) is 5.56 Å². The Bertz CT molecular complexity index is 760. The Labute approximate surface area is 137 Å². The molecule has 1 amide bonds. The molecule has 0 radical (unpaired) electrons. The molecule has 0 saturated heterocycles. The fourth-order valence-corrected chi connectivity index (χ4v) is 3.92. The molecule has 2 atom stereocenters. The number of halogens is 1. The molecule has 0 saturated carbocycles. The average Bonchev–Trinajstić information content (AvgIpc) is 2.70. The van der Waals surface area contributed by atoms with E-state index >= 15 is 0 Å². The smallest absolute Gasteiger partial charge is 0.271 e. The van der Waals surface area contributed by atoms with Gasteiger partial charge in [0, 0.05) is 24.0 Å². The van der Waals surface area contributed by atoms with E-state index in [1.54, 1.807) is 0 Å². The Morgan fingerprint density at radius 1 is 1.14 bits per heavy atom. The van der Waals surface area contributed by atoms with Crippen LogP contribution < -0.4 is 10.3 Å². The highest BCUT2D eigenvalue weighted by molar-refractivity contribution is 9.09. The van der Waals surface area contributed by atoms with Gasteiger partial charge in [0.25, 0.3) is 5.91 Å². The van der Waals surface area contributed by atoms with E-state index in [9.17, 15) is 4.79 Å². The van der Waals surface area contributed by atoms with E-state index in [4.69, 9.17) is 0 Å². The number of carbonyl (C=O) groups is 1. The van der Waals surface area contributed by atoms with Crippen molar-refractivity contribution < 1.29 is 4.79 Å². The second-order valence-corrected chi connectivity index (χ2v) is 6.41. The van der Waals surface area contributed by atoms with Gasteiger partial charge in [0.1, 0.15) is 0 Å². The summed E-state index contributed by atoms with van der Waals surface area (Å²) in [4.78, 5) is 14.5. The van der Waals surface area contributed by atoms with Crippen molar-refractivity contribution in [2.24, 2.45) is 5.10 Å². The number of amides is 1. The number of hydrazone groups is 1. The SMILES string of the molecule is O=C1NN=CC2c3c1cccc3N(Cc1ccccc1)C2Br. The summed E-state index contributed by atoms with van der Waals surface area (Å²) in [5, 5.41) is 4.06. The molecule has 0 fully saturated rings. The first-order chi connectivity index (χ1) is 10.8. The number of hydrogen-bond donors (Lipinski definition) is 1. The summed E-state index contributed by atoms with van der Waals surface area (Å²) in [6.07, 6.45) is 1.82. The summed E-state index contributed by atoms with van der Waals surface area (Å²) >= 11 is 3.79. The summed E-state index contributed by atoms with van der Waals surface area (Å²) in [7, 11) is 0. The number of hydrogen-bond acceptors (Lipinski definition) is 3. The number of benzene rings is 2. The van der Waals surface area contributed by atoms with Gasteiger partial charge in [-0.3, -0.25) is 4.79 Å². The van der Waals surface area contributed by atoms with Crippen molar-refractivity contribution in [3.8, 4) is 0 Å². The van der Waals surface area contributed by atoms with Gasteiger partial charge in [0.2, 0.25) is 0 Å². The highest BCUT2D eigenvalue weighted by atomic mass is 79.9. The van der Waals surface area contributed by atoms with E-state index in [2.05, 4.69) is 49.6 Å². The van der Waals surface area contributed by atoms with E-state index in [1.165, 1.54) is 5.56 Å². The minimum absolute atomic E-state index is 0.0638. The molecule has 22 heavy (non-hydrogen) atoms. The molecular formula is C17H14BrN3O. The second-order valence-electron chi connectivity index (χ2n) is 5.47. The maximum Gasteiger partial charge on any atom is 0.271 e. The van der Waals surface area contributed by atoms with Gasteiger partial charge in [-0.25, -0.2) is 5.43 Å². The lowest BCUT2D eigenvalue weighted by molar-refractivity contribution is 0.0955. The van der Waals surface area contributed by atoms with Gasteiger partial charge < -0.3 is 4.90 Å². The van der Waals surface area contributed by atoms with E-state index < -0.39 is 0 Å². The van der Waals surface area contributed by atoms with Gasteiger partial charge in [-0.2, -0.15) is 5.10 Å². The van der Waals surface area contributed by atoms with Crippen molar-refractivity contribution in [3.63, 3.8) is 0 Å². The first kappa shape index (κ1) is 13.5. The maximum absolute atomic E-state index is 12.1. The summed E-state index contributed by atoms with van der Waals surface area (Å²) in [6.45, 7) is 0.791. The van der Waals surface area contributed by atoms with Gasteiger partial charge in [-0.1, -0.05) is 52.3 Å². The third kappa shape index (κ3) is 2.04. The predicted octanol–water partition coefficient (Wildman–Crippen LogP) is 3.24. The Kier molecular flexibility index (Phi) is 3.22. The van der Waals surface area contributed by atoms with Gasteiger partial charge in [-0.05, 0) is 23.3 Å². The Hall–Kier alpha value is -2.14. The standard InChI is InChI=1S/C17H14BrN3O/c18-16-13-9-19-20-17(22)12-7-4-8-14(15(12)13)21(16)10-11-5-2-1-3-6-11/h1-9,13,16H,10H2,(H,20,22). The second kappa shape index (κ2) is 5.25. The predicted molar refractivity (Wildman–Crippen MR) is 90.5 cm³/mol. The van der Waals surface area contributed by atoms with Crippen LogP contribution in [0.2, 0.25) is 0 Å². The van der Waals surface area contributed by atoms with Crippen LogP contribution >= 0.6 is 15.9 Å². The molecule has 2 heterocycles. The quantitative estimate of drug-likeness (QED) is 0.663. The van der Waals surface area contributed by atoms with Crippen LogP contribution in [0.3, 0.4) is 0 Å². The topological polar surface area (TPSA) is 44.7 Å². The minimum Gasteiger partial charge on any atom is -0.353 e. The molecule has 4 nitrogen and oxygen atoms in total. The molecular weight excluding hydrogens is 342 g/mol. The van der Waals surface area contributed by atoms with Crippen molar-refractivity contribution in [2.75, 3.05) is 4.90 Å². The number of carbonyl (C=O) groups excluding carboxylic acids is 1. The Balaban J connectivity index is 1.80. The van der Waals surface area contributed by atoms with Gasteiger partial charge in [0.15, 0.2) is 0 Å². The normalized spacial score (nSPS) is 22.2. The molecule has 0 aliphatic carbocycles. The molecule has 1 N–H and O–H groups in total. The van der Waals surface area contributed by atoms with Crippen molar-refractivity contribution in [2.45, 2.75) is 17.4 Å². The first-order valence-corrected chi connectivity index (χ1v) is 8.08.